The van der Waals surface area contributed by atoms with Gasteiger partial charge < -0.3 is 15.4 Å². The summed E-state index contributed by atoms with van der Waals surface area (Å²) >= 11 is 0. The van der Waals surface area contributed by atoms with Gasteiger partial charge in [0.05, 0.1) is 18.5 Å². The maximum absolute atomic E-state index is 12.8. The van der Waals surface area contributed by atoms with E-state index in [-0.39, 0.29) is 11.9 Å². The van der Waals surface area contributed by atoms with Gasteiger partial charge in [-0.05, 0) is 25.0 Å². The molecule has 2 N–H and O–H groups in total. The zero-order chi connectivity index (χ0) is 17.7. The first-order valence-electron chi connectivity index (χ1n) is 8.19. The summed E-state index contributed by atoms with van der Waals surface area (Å²) in [5.74, 6) is 0.656. The van der Waals surface area contributed by atoms with Crippen LogP contribution in [0.5, 0.6) is 5.75 Å². The average molecular weight is 330 g/mol. The zero-order valence-electron chi connectivity index (χ0n) is 14.8. The van der Waals surface area contributed by atoms with Crippen LogP contribution in [0.2, 0.25) is 0 Å². The van der Waals surface area contributed by atoms with E-state index in [1.54, 1.807) is 22.8 Å². The SMILES string of the molecule is CC(C)COc1cn(-c2ccccc2)nc1C(=O)N(C)C(C)CN. The number of aromatic nitrogens is 2. The molecule has 1 aromatic carbocycles. The number of nitrogens with two attached hydrogens (primary N) is 1. The van der Waals surface area contributed by atoms with Crippen LogP contribution in [-0.2, 0) is 0 Å². The fourth-order valence-electron chi connectivity index (χ4n) is 2.11. The van der Waals surface area contributed by atoms with E-state index in [0.717, 1.165) is 5.69 Å². The van der Waals surface area contributed by atoms with Crippen molar-refractivity contribution in [3.8, 4) is 11.4 Å². The van der Waals surface area contributed by atoms with Crippen molar-refractivity contribution in [1.82, 2.24) is 14.7 Å². The van der Waals surface area contributed by atoms with Gasteiger partial charge in [0.2, 0.25) is 0 Å². The molecular formula is C18H26N4O2. The minimum atomic E-state index is -0.193. The van der Waals surface area contributed by atoms with E-state index in [9.17, 15) is 4.79 Å². The van der Waals surface area contributed by atoms with E-state index in [1.807, 2.05) is 37.3 Å². The molecule has 1 atom stereocenters. The van der Waals surface area contributed by atoms with Gasteiger partial charge in [0.15, 0.2) is 11.4 Å². The predicted molar refractivity (Wildman–Crippen MR) is 94.5 cm³/mol. The van der Waals surface area contributed by atoms with Crippen LogP contribution in [0.3, 0.4) is 0 Å². The average Bonchev–Trinajstić information content (AvgIpc) is 3.03. The van der Waals surface area contributed by atoms with Crippen LogP contribution >= 0.6 is 0 Å². The van der Waals surface area contributed by atoms with Crippen molar-refractivity contribution < 1.29 is 9.53 Å². The summed E-state index contributed by atoms with van der Waals surface area (Å²) < 4.78 is 7.49. The molecule has 0 saturated carbocycles. The predicted octanol–water partition coefficient (Wildman–Crippen LogP) is 2.33. The van der Waals surface area contributed by atoms with E-state index in [2.05, 4.69) is 18.9 Å². The Labute approximate surface area is 143 Å². The van der Waals surface area contributed by atoms with Gasteiger partial charge >= 0.3 is 0 Å². The molecule has 2 rings (SSSR count). The molecule has 0 radical (unpaired) electrons. The lowest BCUT2D eigenvalue weighted by Gasteiger charge is -2.23. The molecule has 1 unspecified atom stereocenters. The normalized spacial score (nSPS) is 12.2. The number of hydrogen-bond acceptors (Lipinski definition) is 4. The molecule has 0 saturated heterocycles. The van der Waals surface area contributed by atoms with Gasteiger partial charge in [-0.2, -0.15) is 5.10 Å². The number of para-hydroxylation sites is 1. The van der Waals surface area contributed by atoms with E-state index in [0.29, 0.717) is 30.5 Å². The third-order valence-corrected chi connectivity index (χ3v) is 3.80. The summed E-state index contributed by atoms with van der Waals surface area (Å²) in [6.45, 7) is 6.94. The second-order valence-corrected chi connectivity index (χ2v) is 6.33. The molecular weight excluding hydrogens is 304 g/mol. The summed E-state index contributed by atoms with van der Waals surface area (Å²) in [7, 11) is 1.73. The third-order valence-electron chi connectivity index (χ3n) is 3.80. The first kappa shape index (κ1) is 18.0. The van der Waals surface area contributed by atoms with Crippen molar-refractivity contribution in [3.63, 3.8) is 0 Å². The molecule has 6 nitrogen and oxygen atoms in total. The first-order valence-corrected chi connectivity index (χ1v) is 8.19. The Morgan fingerprint density at radius 2 is 1.96 bits per heavy atom. The smallest absolute Gasteiger partial charge is 0.278 e. The Morgan fingerprint density at radius 1 is 1.29 bits per heavy atom. The summed E-state index contributed by atoms with van der Waals surface area (Å²) in [6.07, 6.45) is 1.76. The zero-order valence-corrected chi connectivity index (χ0v) is 14.8. The Bertz CT molecular complexity index is 667. The highest BCUT2D eigenvalue weighted by Crippen LogP contribution is 2.22. The number of hydrogen-bond donors (Lipinski definition) is 1. The lowest BCUT2D eigenvalue weighted by Crippen LogP contribution is -2.40. The van der Waals surface area contributed by atoms with Crippen molar-refractivity contribution in [2.24, 2.45) is 11.7 Å². The number of nitrogens with zero attached hydrogens (tertiary/aromatic N) is 3. The van der Waals surface area contributed by atoms with Crippen LogP contribution in [-0.4, -0.2) is 46.8 Å². The van der Waals surface area contributed by atoms with Gasteiger partial charge in [-0.3, -0.25) is 4.79 Å². The standard InChI is InChI=1S/C18H26N4O2/c1-13(2)12-24-16-11-22(15-8-6-5-7-9-15)20-17(16)18(23)21(4)14(3)10-19/h5-9,11,13-14H,10,12,19H2,1-4H3. The van der Waals surface area contributed by atoms with Crippen LogP contribution in [0, 0.1) is 5.92 Å². The van der Waals surface area contributed by atoms with E-state index >= 15 is 0 Å². The fourth-order valence-corrected chi connectivity index (χ4v) is 2.11. The van der Waals surface area contributed by atoms with Crippen molar-refractivity contribution >= 4 is 5.91 Å². The van der Waals surface area contributed by atoms with E-state index in [1.165, 1.54) is 0 Å². The highest BCUT2D eigenvalue weighted by atomic mass is 16.5. The quantitative estimate of drug-likeness (QED) is 0.845. The fraction of sp³-hybridized carbons (Fsp3) is 0.444. The third kappa shape index (κ3) is 4.14. The monoisotopic (exact) mass is 330 g/mol. The molecule has 6 heteroatoms. The van der Waals surface area contributed by atoms with Gasteiger partial charge in [0.25, 0.3) is 5.91 Å². The number of carbonyl (C=O) groups excluding carboxylic acids is 1. The lowest BCUT2D eigenvalue weighted by atomic mass is 10.2. The first-order chi connectivity index (χ1) is 11.4. The number of amides is 1. The molecule has 0 aliphatic carbocycles. The molecule has 1 heterocycles. The molecule has 0 aliphatic heterocycles. The molecule has 0 bridgehead atoms. The van der Waals surface area contributed by atoms with Gasteiger partial charge in [-0.1, -0.05) is 32.0 Å². The van der Waals surface area contributed by atoms with Crippen LogP contribution in [0.15, 0.2) is 36.5 Å². The van der Waals surface area contributed by atoms with Crippen LogP contribution in [0.1, 0.15) is 31.3 Å². The Kier molecular flexibility index (Phi) is 5.98. The number of rotatable bonds is 7. The molecule has 0 aliphatic rings. The molecule has 1 aromatic heterocycles. The van der Waals surface area contributed by atoms with Gasteiger partial charge in [0, 0.05) is 19.6 Å². The Balaban J connectivity index is 2.36. The largest absolute Gasteiger partial charge is 0.489 e. The van der Waals surface area contributed by atoms with E-state index < -0.39 is 0 Å². The van der Waals surface area contributed by atoms with Crippen LogP contribution in [0.25, 0.3) is 5.69 Å². The summed E-state index contributed by atoms with van der Waals surface area (Å²) in [5.41, 5.74) is 6.85. The molecule has 0 fully saturated rings. The summed E-state index contributed by atoms with van der Waals surface area (Å²) in [4.78, 5) is 14.4. The van der Waals surface area contributed by atoms with E-state index in [4.69, 9.17) is 10.5 Å². The van der Waals surface area contributed by atoms with Crippen LogP contribution in [0.4, 0.5) is 0 Å². The van der Waals surface area contributed by atoms with Crippen molar-refractivity contribution in [1.29, 1.82) is 0 Å². The second-order valence-electron chi connectivity index (χ2n) is 6.33. The minimum Gasteiger partial charge on any atom is -0.489 e. The molecule has 130 valence electrons. The molecule has 1 amide bonds. The Hall–Kier alpha value is -2.34. The summed E-state index contributed by atoms with van der Waals surface area (Å²) in [6, 6.07) is 9.58. The number of ether oxygens (including phenoxy) is 1. The van der Waals surface area contributed by atoms with Gasteiger partial charge in [-0.15, -0.1) is 0 Å². The van der Waals surface area contributed by atoms with Crippen molar-refractivity contribution in [2.45, 2.75) is 26.8 Å². The maximum atomic E-state index is 12.8. The Morgan fingerprint density at radius 3 is 2.54 bits per heavy atom. The highest BCUT2D eigenvalue weighted by molar-refractivity contribution is 5.95. The minimum absolute atomic E-state index is 0.0719. The second kappa shape index (κ2) is 7.97. The maximum Gasteiger partial charge on any atom is 0.278 e. The molecule has 2 aromatic rings. The van der Waals surface area contributed by atoms with Crippen molar-refractivity contribution in [3.05, 3.63) is 42.2 Å². The van der Waals surface area contributed by atoms with Gasteiger partial charge in [0.1, 0.15) is 0 Å². The van der Waals surface area contributed by atoms with Crippen LogP contribution < -0.4 is 10.5 Å². The van der Waals surface area contributed by atoms with Crippen molar-refractivity contribution in [2.75, 3.05) is 20.2 Å². The summed E-state index contributed by atoms with van der Waals surface area (Å²) in [5, 5.41) is 4.46. The number of carbonyl (C=O) groups is 1. The number of benzene rings is 1. The highest BCUT2D eigenvalue weighted by Gasteiger charge is 2.24. The van der Waals surface area contributed by atoms with Gasteiger partial charge in [-0.25, -0.2) is 4.68 Å². The lowest BCUT2D eigenvalue weighted by molar-refractivity contribution is 0.0737. The molecule has 24 heavy (non-hydrogen) atoms. The topological polar surface area (TPSA) is 73.4 Å². The molecule has 0 spiro atoms. The number of likely N-dealkylation sites (N-methyl/N-ethyl adjacent to an activating group) is 1.